The summed E-state index contributed by atoms with van der Waals surface area (Å²) in [5, 5.41) is 0. The SMILES string of the molecule is CC1CCCC(CCNS(=O)(=O)c2ccc(F)cc2)C1. The largest absolute Gasteiger partial charge is 0.240 e. The Labute approximate surface area is 120 Å². The highest BCUT2D eigenvalue weighted by Crippen LogP contribution is 2.30. The number of hydrogen-bond donors (Lipinski definition) is 1. The minimum Gasteiger partial charge on any atom is -0.211 e. The van der Waals surface area contributed by atoms with Crippen LogP contribution in [-0.4, -0.2) is 15.0 Å². The van der Waals surface area contributed by atoms with Crippen LogP contribution >= 0.6 is 0 Å². The summed E-state index contributed by atoms with van der Waals surface area (Å²) in [5.41, 5.74) is 0. The molecular formula is C15H22FNO2S. The van der Waals surface area contributed by atoms with Gasteiger partial charge in [0.25, 0.3) is 0 Å². The molecule has 20 heavy (non-hydrogen) atoms. The number of rotatable bonds is 5. The molecule has 0 spiro atoms. The predicted octanol–water partition coefficient (Wildman–Crippen LogP) is 3.32. The van der Waals surface area contributed by atoms with E-state index in [0.29, 0.717) is 12.5 Å². The molecule has 0 bridgehead atoms. The lowest BCUT2D eigenvalue weighted by atomic mass is 9.81. The molecule has 1 aromatic rings. The Balaban J connectivity index is 1.85. The van der Waals surface area contributed by atoms with E-state index in [4.69, 9.17) is 0 Å². The molecule has 1 N–H and O–H groups in total. The molecule has 1 aromatic carbocycles. The maximum absolute atomic E-state index is 12.8. The summed E-state index contributed by atoms with van der Waals surface area (Å²) in [5.74, 6) is 0.942. The fourth-order valence-electron chi connectivity index (χ4n) is 2.92. The normalized spacial score (nSPS) is 23.7. The summed E-state index contributed by atoms with van der Waals surface area (Å²) in [7, 11) is -3.51. The third-order valence-electron chi connectivity index (χ3n) is 4.01. The minimum absolute atomic E-state index is 0.121. The van der Waals surface area contributed by atoms with Gasteiger partial charge in [0.15, 0.2) is 0 Å². The first-order valence-electron chi connectivity index (χ1n) is 7.22. The van der Waals surface area contributed by atoms with Crippen LogP contribution in [0.15, 0.2) is 29.2 Å². The van der Waals surface area contributed by atoms with Gasteiger partial charge in [-0.15, -0.1) is 0 Å². The molecule has 1 fully saturated rings. The molecule has 0 aromatic heterocycles. The van der Waals surface area contributed by atoms with Crippen molar-refractivity contribution in [3.63, 3.8) is 0 Å². The molecule has 0 amide bonds. The number of halogens is 1. The van der Waals surface area contributed by atoms with Crippen molar-refractivity contribution >= 4 is 10.0 Å². The van der Waals surface area contributed by atoms with E-state index in [1.807, 2.05) is 0 Å². The number of benzene rings is 1. The van der Waals surface area contributed by atoms with Crippen molar-refractivity contribution in [1.82, 2.24) is 4.72 Å². The van der Waals surface area contributed by atoms with E-state index in [1.54, 1.807) is 0 Å². The van der Waals surface area contributed by atoms with E-state index in [2.05, 4.69) is 11.6 Å². The second-order valence-electron chi connectivity index (χ2n) is 5.78. The van der Waals surface area contributed by atoms with Gasteiger partial charge in [0.1, 0.15) is 5.82 Å². The average Bonchev–Trinajstić information content (AvgIpc) is 2.39. The van der Waals surface area contributed by atoms with Gasteiger partial charge >= 0.3 is 0 Å². The Kier molecular flexibility index (Phi) is 5.16. The van der Waals surface area contributed by atoms with Gasteiger partial charge in [0, 0.05) is 6.54 Å². The van der Waals surface area contributed by atoms with Crippen molar-refractivity contribution in [1.29, 1.82) is 0 Å². The zero-order chi connectivity index (χ0) is 14.6. The van der Waals surface area contributed by atoms with Crippen LogP contribution in [0.5, 0.6) is 0 Å². The lowest BCUT2D eigenvalue weighted by Crippen LogP contribution is -2.27. The Morgan fingerprint density at radius 3 is 2.60 bits per heavy atom. The third-order valence-corrected chi connectivity index (χ3v) is 5.49. The van der Waals surface area contributed by atoms with Gasteiger partial charge in [0.05, 0.1) is 4.90 Å². The van der Waals surface area contributed by atoms with E-state index in [0.717, 1.165) is 24.5 Å². The Morgan fingerprint density at radius 1 is 1.25 bits per heavy atom. The van der Waals surface area contributed by atoms with Crippen molar-refractivity contribution in [3.05, 3.63) is 30.1 Å². The maximum Gasteiger partial charge on any atom is 0.240 e. The lowest BCUT2D eigenvalue weighted by molar-refractivity contribution is 0.271. The molecular weight excluding hydrogens is 277 g/mol. The van der Waals surface area contributed by atoms with E-state index >= 15 is 0 Å². The van der Waals surface area contributed by atoms with E-state index in [9.17, 15) is 12.8 Å². The zero-order valence-electron chi connectivity index (χ0n) is 11.8. The van der Waals surface area contributed by atoms with Crippen LogP contribution in [0.2, 0.25) is 0 Å². The maximum atomic E-state index is 12.8. The molecule has 2 atom stereocenters. The monoisotopic (exact) mass is 299 g/mol. The topological polar surface area (TPSA) is 46.2 Å². The first kappa shape index (κ1) is 15.4. The van der Waals surface area contributed by atoms with E-state index in [1.165, 1.54) is 37.8 Å². The van der Waals surface area contributed by atoms with Crippen molar-refractivity contribution in [3.8, 4) is 0 Å². The molecule has 2 unspecified atom stereocenters. The standard InChI is InChI=1S/C15H22FNO2S/c1-12-3-2-4-13(11-12)9-10-17-20(18,19)15-7-5-14(16)6-8-15/h5-8,12-13,17H,2-4,9-11H2,1H3. The summed E-state index contributed by atoms with van der Waals surface area (Å²) in [6, 6.07) is 4.91. The summed E-state index contributed by atoms with van der Waals surface area (Å²) >= 11 is 0. The fourth-order valence-corrected chi connectivity index (χ4v) is 3.96. The van der Waals surface area contributed by atoms with Crippen LogP contribution in [-0.2, 0) is 10.0 Å². The fraction of sp³-hybridized carbons (Fsp3) is 0.600. The van der Waals surface area contributed by atoms with Crippen LogP contribution in [0, 0.1) is 17.7 Å². The Hall–Kier alpha value is -0.940. The highest BCUT2D eigenvalue weighted by atomic mass is 32.2. The third kappa shape index (κ3) is 4.28. The quantitative estimate of drug-likeness (QED) is 0.906. The van der Waals surface area contributed by atoms with Crippen molar-refractivity contribution in [2.24, 2.45) is 11.8 Å². The van der Waals surface area contributed by atoms with Crippen LogP contribution in [0.4, 0.5) is 4.39 Å². The molecule has 0 saturated heterocycles. The van der Waals surface area contributed by atoms with Gasteiger partial charge in [-0.2, -0.15) is 0 Å². The van der Waals surface area contributed by atoms with Gasteiger partial charge in [-0.25, -0.2) is 17.5 Å². The Morgan fingerprint density at radius 2 is 1.95 bits per heavy atom. The molecule has 0 aliphatic heterocycles. The van der Waals surface area contributed by atoms with Gasteiger partial charge in [-0.1, -0.05) is 26.2 Å². The Bertz CT molecular complexity index is 527. The molecule has 0 radical (unpaired) electrons. The number of hydrogen-bond acceptors (Lipinski definition) is 2. The first-order chi connectivity index (χ1) is 9.47. The summed E-state index contributed by atoms with van der Waals surface area (Å²) in [6.45, 7) is 2.71. The van der Waals surface area contributed by atoms with Gasteiger partial charge in [-0.05, 0) is 48.9 Å². The second-order valence-corrected chi connectivity index (χ2v) is 7.55. The predicted molar refractivity (Wildman–Crippen MR) is 77.3 cm³/mol. The lowest BCUT2D eigenvalue weighted by Gasteiger charge is -2.26. The molecule has 1 saturated carbocycles. The van der Waals surface area contributed by atoms with Crippen molar-refractivity contribution in [2.75, 3.05) is 6.54 Å². The molecule has 5 heteroatoms. The molecule has 2 rings (SSSR count). The number of nitrogens with one attached hydrogen (secondary N) is 1. The second kappa shape index (κ2) is 6.68. The molecule has 3 nitrogen and oxygen atoms in total. The molecule has 0 heterocycles. The van der Waals surface area contributed by atoms with Gasteiger partial charge < -0.3 is 0 Å². The van der Waals surface area contributed by atoms with Crippen LogP contribution < -0.4 is 4.72 Å². The molecule has 1 aliphatic carbocycles. The molecule has 1 aliphatic rings. The summed E-state index contributed by atoms with van der Waals surface area (Å²) in [6.07, 6.45) is 5.81. The van der Waals surface area contributed by atoms with Crippen LogP contribution in [0.25, 0.3) is 0 Å². The first-order valence-corrected chi connectivity index (χ1v) is 8.71. The van der Waals surface area contributed by atoms with Crippen molar-refractivity contribution < 1.29 is 12.8 Å². The summed E-state index contributed by atoms with van der Waals surface area (Å²) < 4.78 is 39.4. The van der Waals surface area contributed by atoms with Crippen LogP contribution in [0.1, 0.15) is 39.0 Å². The average molecular weight is 299 g/mol. The van der Waals surface area contributed by atoms with Crippen molar-refractivity contribution in [2.45, 2.75) is 43.9 Å². The smallest absolute Gasteiger partial charge is 0.211 e. The van der Waals surface area contributed by atoms with E-state index < -0.39 is 15.8 Å². The molecule has 112 valence electrons. The summed E-state index contributed by atoms with van der Waals surface area (Å²) in [4.78, 5) is 0.121. The number of sulfonamides is 1. The zero-order valence-corrected chi connectivity index (χ0v) is 12.6. The van der Waals surface area contributed by atoms with Crippen LogP contribution in [0.3, 0.4) is 0 Å². The highest BCUT2D eigenvalue weighted by molar-refractivity contribution is 7.89. The minimum atomic E-state index is -3.51. The highest BCUT2D eigenvalue weighted by Gasteiger charge is 2.20. The van der Waals surface area contributed by atoms with E-state index in [-0.39, 0.29) is 4.90 Å². The van der Waals surface area contributed by atoms with Gasteiger partial charge in [-0.3, -0.25) is 0 Å². The van der Waals surface area contributed by atoms with Gasteiger partial charge in [0.2, 0.25) is 10.0 Å².